The summed E-state index contributed by atoms with van der Waals surface area (Å²) in [5, 5.41) is 16.4. The smallest absolute Gasteiger partial charge is 0.160 e. The number of rotatable bonds is 5. The summed E-state index contributed by atoms with van der Waals surface area (Å²) in [6.45, 7) is 9.03. The van der Waals surface area contributed by atoms with Gasteiger partial charge in [-0.05, 0) is 99.2 Å². The predicted molar refractivity (Wildman–Crippen MR) is 130 cm³/mol. The Kier molecular flexibility index (Phi) is 6.64. The Bertz CT molecular complexity index is 789. The molecule has 0 aliphatic heterocycles. The molecule has 0 heterocycles. The summed E-state index contributed by atoms with van der Waals surface area (Å²) in [7, 11) is 1.67. The van der Waals surface area contributed by atoms with Crippen molar-refractivity contribution in [1.82, 2.24) is 5.01 Å². The number of amidine groups is 1. The predicted octanol–water partition coefficient (Wildman–Crippen LogP) is 3.65. The second-order valence-corrected chi connectivity index (χ2v) is 12.4. The van der Waals surface area contributed by atoms with Crippen molar-refractivity contribution in [1.29, 1.82) is 0 Å². The zero-order chi connectivity index (χ0) is 24.2. The minimum Gasteiger partial charge on any atom is -0.367 e. The number of nitrogens with two attached hydrogens (primary N) is 2. The molecule has 4 aliphatic rings. The molecule has 33 heavy (non-hydrogen) atoms. The number of aliphatic hydroxyl groups is 1. The number of aliphatic hydroxyl groups excluding tert-OH is 1. The van der Waals surface area contributed by atoms with E-state index in [-0.39, 0.29) is 34.5 Å². The number of carbonyl (C=O) groups excluding carboxylic acids is 1. The van der Waals surface area contributed by atoms with Crippen LogP contribution in [0.3, 0.4) is 0 Å². The quantitative estimate of drug-likeness (QED) is 0.189. The molecular formula is C26H46N4O3. The number of hydrogen-bond acceptors (Lipinski definition) is 6. The molecule has 5 N–H and O–H groups in total. The minimum atomic E-state index is -0.713. The Balaban J connectivity index is 1.61. The number of methoxy groups -OCH3 is 1. The van der Waals surface area contributed by atoms with Gasteiger partial charge in [0.15, 0.2) is 12.1 Å². The van der Waals surface area contributed by atoms with Crippen molar-refractivity contribution in [2.75, 3.05) is 13.7 Å². The van der Waals surface area contributed by atoms with Crippen LogP contribution in [0.1, 0.15) is 85.5 Å². The molecule has 7 heteroatoms. The SMILES string of the molecule is COC(O)C12CCC(C)CC1(C)CCC1C3CCC(C(=O)CN(N)/C(C)=N\N)C3(C)CCC12. The van der Waals surface area contributed by atoms with Crippen LogP contribution in [0.15, 0.2) is 5.10 Å². The number of hydrogen-bond donors (Lipinski definition) is 3. The molecule has 4 rings (SSSR count). The van der Waals surface area contributed by atoms with E-state index in [9.17, 15) is 9.90 Å². The summed E-state index contributed by atoms with van der Waals surface area (Å²) in [4.78, 5) is 13.4. The zero-order valence-corrected chi connectivity index (χ0v) is 21.3. The Morgan fingerprint density at radius 2 is 1.88 bits per heavy atom. The molecule has 0 amide bonds. The van der Waals surface area contributed by atoms with Gasteiger partial charge in [-0.2, -0.15) is 5.10 Å². The standard InChI is InChI=1S/C26H46N4O3/c1-16-8-13-26(23(32)33-5)20-10-12-25(4)19(18(20)9-11-24(26,3)14-16)6-7-21(25)22(31)15-30(28)17(2)29-27/h16,18-21,23,32H,6-15,27-28H2,1-5H3/b29-17-. The van der Waals surface area contributed by atoms with E-state index in [2.05, 4.69) is 25.9 Å². The molecule has 0 bridgehead atoms. The molecule has 9 atom stereocenters. The number of ketones is 1. The maximum atomic E-state index is 13.4. The molecule has 9 unspecified atom stereocenters. The van der Waals surface area contributed by atoms with Crippen molar-refractivity contribution >= 4 is 11.6 Å². The average Bonchev–Trinajstić information content (AvgIpc) is 3.14. The van der Waals surface area contributed by atoms with Gasteiger partial charge in [-0.15, -0.1) is 0 Å². The second-order valence-electron chi connectivity index (χ2n) is 12.4. The van der Waals surface area contributed by atoms with Gasteiger partial charge in [0.25, 0.3) is 0 Å². The third kappa shape index (κ3) is 3.64. The highest BCUT2D eigenvalue weighted by molar-refractivity contribution is 5.89. The van der Waals surface area contributed by atoms with Gasteiger partial charge in [0, 0.05) is 18.4 Å². The van der Waals surface area contributed by atoms with Crippen LogP contribution >= 0.6 is 0 Å². The summed E-state index contributed by atoms with van der Waals surface area (Å²) >= 11 is 0. The summed E-state index contributed by atoms with van der Waals surface area (Å²) in [6, 6.07) is 0. The minimum absolute atomic E-state index is 0.00175. The van der Waals surface area contributed by atoms with E-state index in [4.69, 9.17) is 16.4 Å². The molecule has 4 aliphatic carbocycles. The number of fused-ring (bicyclic) bond motifs is 5. The third-order valence-corrected chi connectivity index (χ3v) is 11.1. The molecular weight excluding hydrogens is 416 g/mol. The molecule has 0 radical (unpaired) electrons. The van der Waals surface area contributed by atoms with Gasteiger partial charge < -0.3 is 15.7 Å². The van der Waals surface area contributed by atoms with E-state index in [0.29, 0.717) is 29.5 Å². The van der Waals surface area contributed by atoms with E-state index in [1.807, 2.05) is 0 Å². The molecule has 0 aromatic rings. The first-order valence-electron chi connectivity index (χ1n) is 13.0. The van der Waals surface area contributed by atoms with E-state index >= 15 is 0 Å². The molecule has 188 valence electrons. The van der Waals surface area contributed by atoms with Gasteiger partial charge in [-0.3, -0.25) is 9.80 Å². The van der Waals surface area contributed by atoms with E-state index in [1.165, 1.54) is 17.9 Å². The Morgan fingerprint density at radius 1 is 1.15 bits per heavy atom. The van der Waals surface area contributed by atoms with Crippen LogP contribution in [-0.2, 0) is 9.53 Å². The lowest BCUT2D eigenvalue weighted by Crippen LogP contribution is -2.63. The fourth-order valence-electron chi connectivity index (χ4n) is 9.44. The highest BCUT2D eigenvalue weighted by atomic mass is 16.6. The number of Topliss-reactive ketones (excluding diaryl/α,β-unsaturated/α-hetero) is 1. The maximum absolute atomic E-state index is 13.4. The van der Waals surface area contributed by atoms with Crippen LogP contribution in [-0.4, -0.2) is 41.7 Å². The largest absolute Gasteiger partial charge is 0.367 e. The number of nitrogens with zero attached hydrogens (tertiary/aromatic N) is 2. The normalized spacial score (nSPS) is 46.2. The van der Waals surface area contributed by atoms with E-state index in [0.717, 1.165) is 44.9 Å². The van der Waals surface area contributed by atoms with Crippen molar-refractivity contribution in [2.24, 2.45) is 62.6 Å². The number of carbonyl (C=O) groups is 1. The summed E-state index contributed by atoms with van der Waals surface area (Å²) < 4.78 is 5.73. The van der Waals surface area contributed by atoms with E-state index in [1.54, 1.807) is 14.0 Å². The van der Waals surface area contributed by atoms with Gasteiger partial charge in [0.1, 0.15) is 5.84 Å². The molecule has 0 aromatic heterocycles. The first-order valence-corrected chi connectivity index (χ1v) is 13.0. The number of ether oxygens (including phenoxy) is 1. The molecule has 0 saturated heterocycles. The zero-order valence-electron chi connectivity index (χ0n) is 21.3. The fraction of sp³-hybridized carbons (Fsp3) is 0.923. The molecule has 0 aromatic carbocycles. The summed E-state index contributed by atoms with van der Waals surface area (Å²) in [6.07, 6.45) is 9.16. The van der Waals surface area contributed by atoms with E-state index < -0.39 is 6.29 Å². The lowest BCUT2D eigenvalue weighted by molar-refractivity contribution is -0.280. The van der Waals surface area contributed by atoms with Crippen molar-refractivity contribution in [3.63, 3.8) is 0 Å². The van der Waals surface area contributed by atoms with Crippen LogP contribution < -0.4 is 11.7 Å². The summed E-state index contributed by atoms with van der Waals surface area (Å²) in [5.41, 5.74) is -0.0624. The Hall–Kier alpha value is -1.18. The average molecular weight is 463 g/mol. The molecule has 4 saturated carbocycles. The Morgan fingerprint density at radius 3 is 2.55 bits per heavy atom. The first-order chi connectivity index (χ1) is 15.5. The van der Waals surface area contributed by atoms with Crippen molar-refractivity contribution in [2.45, 2.75) is 91.8 Å². The highest BCUT2D eigenvalue weighted by Gasteiger charge is 2.67. The van der Waals surface area contributed by atoms with Gasteiger partial charge in [0.2, 0.25) is 0 Å². The van der Waals surface area contributed by atoms with Crippen LogP contribution in [0.4, 0.5) is 0 Å². The number of hydrazine groups is 1. The topological polar surface area (TPSA) is 114 Å². The van der Waals surface area contributed by atoms with Crippen LogP contribution in [0.5, 0.6) is 0 Å². The van der Waals surface area contributed by atoms with Crippen molar-refractivity contribution in [3.05, 3.63) is 0 Å². The summed E-state index contributed by atoms with van der Waals surface area (Å²) in [5.74, 6) is 14.3. The third-order valence-electron chi connectivity index (χ3n) is 11.1. The highest BCUT2D eigenvalue weighted by Crippen LogP contribution is 2.72. The Labute approximate surface area is 199 Å². The van der Waals surface area contributed by atoms with Gasteiger partial charge in [0.05, 0.1) is 6.54 Å². The van der Waals surface area contributed by atoms with Crippen LogP contribution in [0.25, 0.3) is 0 Å². The molecule has 4 fully saturated rings. The van der Waals surface area contributed by atoms with Gasteiger partial charge >= 0.3 is 0 Å². The van der Waals surface area contributed by atoms with Crippen LogP contribution in [0.2, 0.25) is 0 Å². The van der Waals surface area contributed by atoms with Crippen LogP contribution in [0, 0.1) is 45.8 Å². The van der Waals surface area contributed by atoms with Crippen molar-refractivity contribution < 1.29 is 14.6 Å². The molecule has 0 spiro atoms. The first kappa shape index (κ1) is 24.9. The number of hydrazone groups is 1. The molecule has 7 nitrogen and oxygen atoms in total. The monoisotopic (exact) mass is 462 g/mol. The second kappa shape index (κ2) is 8.80. The fourth-order valence-corrected chi connectivity index (χ4v) is 9.44. The maximum Gasteiger partial charge on any atom is 0.160 e. The van der Waals surface area contributed by atoms with Gasteiger partial charge in [-0.1, -0.05) is 20.8 Å². The van der Waals surface area contributed by atoms with Gasteiger partial charge in [-0.25, -0.2) is 5.84 Å². The van der Waals surface area contributed by atoms with Crippen molar-refractivity contribution in [3.8, 4) is 0 Å². The lowest BCUT2D eigenvalue weighted by atomic mass is 9.39. The lowest BCUT2D eigenvalue weighted by Gasteiger charge is -2.67.